The number of hydrogen-bond donors (Lipinski definition) is 1. The SMILES string of the molecule is Nc1ncnn2c(C=O)cc(-c3cccc(F)c3)c12. The highest BCUT2D eigenvalue weighted by Crippen LogP contribution is 2.29. The number of benzene rings is 1. The molecule has 6 heteroatoms. The Morgan fingerprint density at radius 1 is 1.32 bits per heavy atom. The number of aromatic nitrogens is 3. The summed E-state index contributed by atoms with van der Waals surface area (Å²) in [6.07, 6.45) is 1.94. The normalized spacial score (nSPS) is 10.8. The average Bonchev–Trinajstić information content (AvgIpc) is 2.79. The van der Waals surface area contributed by atoms with Crippen molar-refractivity contribution in [3.05, 3.63) is 48.2 Å². The number of carbonyl (C=O) groups excluding carboxylic acids is 1. The fourth-order valence-electron chi connectivity index (χ4n) is 2.05. The van der Waals surface area contributed by atoms with E-state index in [4.69, 9.17) is 5.73 Å². The number of rotatable bonds is 2. The second kappa shape index (κ2) is 4.16. The molecule has 0 aliphatic heterocycles. The third-order valence-corrected chi connectivity index (χ3v) is 2.87. The molecule has 0 bridgehead atoms. The lowest BCUT2D eigenvalue weighted by atomic mass is 10.1. The third kappa shape index (κ3) is 1.74. The Kier molecular flexibility index (Phi) is 2.49. The highest BCUT2D eigenvalue weighted by molar-refractivity contribution is 5.92. The van der Waals surface area contributed by atoms with Gasteiger partial charge in [0.15, 0.2) is 12.1 Å². The molecule has 0 amide bonds. The minimum atomic E-state index is -0.361. The first-order valence-corrected chi connectivity index (χ1v) is 5.54. The number of carbonyl (C=O) groups is 1. The number of halogens is 1. The first kappa shape index (κ1) is 11.3. The Morgan fingerprint density at radius 3 is 2.89 bits per heavy atom. The van der Waals surface area contributed by atoms with Crippen molar-refractivity contribution in [2.24, 2.45) is 0 Å². The zero-order valence-corrected chi connectivity index (χ0v) is 9.75. The minimum Gasteiger partial charge on any atom is -0.382 e. The Balaban J connectivity index is 2.38. The first-order valence-electron chi connectivity index (χ1n) is 5.54. The van der Waals surface area contributed by atoms with Gasteiger partial charge in [0.25, 0.3) is 0 Å². The van der Waals surface area contributed by atoms with Crippen molar-refractivity contribution in [2.75, 3.05) is 5.73 Å². The molecular formula is C13H9FN4O. The smallest absolute Gasteiger partial charge is 0.168 e. The fourth-order valence-corrected chi connectivity index (χ4v) is 2.05. The van der Waals surface area contributed by atoms with E-state index in [0.29, 0.717) is 28.6 Å². The van der Waals surface area contributed by atoms with Crippen LogP contribution in [0.2, 0.25) is 0 Å². The van der Waals surface area contributed by atoms with Crippen molar-refractivity contribution in [1.82, 2.24) is 14.6 Å². The molecule has 94 valence electrons. The number of nitrogens with zero attached hydrogens (tertiary/aromatic N) is 3. The number of nitrogen functional groups attached to an aromatic ring is 1. The zero-order chi connectivity index (χ0) is 13.4. The zero-order valence-electron chi connectivity index (χ0n) is 9.75. The van der Waals surface area contributed by atoms with Crippen molar-refractivity contribution in [3.63, 3.8) is 0 Å². The summed E-state index contributed by atoms with van der Waals surface area (Å²) in [6, 6.07) is 7.66. The number of anilines is 1. The van der Waals surface area contributed by atoms with Crippen LogP contribution in [0.1, 0.15) is 10.5 Å². The van der Waals surface area contributed by atoms with Gasteiger partial charge in [-0.1, -0.05) is 12.1 Å². The predicted octanol–water partition coefficient (Wildman–Crippen LogP) is 1.93. The molecule has 2 N–H and O–H groups in total. The molecule has 2 heterocycles. The van der Waals surface area contributed by atoms with Crippen molar-refractivity contribution < 1.29 is 9.18 Å². The molecule has 3 aromatic rings. The molecule has 0 saturated heterocycles. The maximum Gasteiger partial charge on any atom is 0.168 e. The molecule has 0 unspecified atom stereocenters. The van der Waals surface area contributed by atoms with Crippen LogP contribution in [-0.2, 0) is 0 Å². The van der Waals surface area contributed by atoms with E-state index in [1.54, 1.807) is 18.2 Å². The van der Waals surface area contributed by atoms with Gasteiger partial charge in [0.05, 0.1) is 0 Å². The summed E-state index contributed by atoms with van der Waals surface area (Å²) in [6.45, 7) is 0. The van der Waals surface area contributed by atoms with Crippen LogP contribution in [0.4, 0.5) is 10.2 Å². The van der Waals surface area contributed by atoms with E-state index in [0.717, 1.165) is 0 Å². The van der Waals surface area contributed by atoms with Gasteiger partial charge in [-0.15, -0.1) is 0 Å². The van der Waals surface area contributed by atoms with Gasteiger partial charge >= 0.3 is 0 Å². The topological polar surface area (TPSA) is 73.3 Å². The molecule has 5 nitrogen and oxygen atoms in total. The van der Waals surface area contributed by atoms with Crippen LogP contribution in [0.25, 0.3) is 16.6 Å². The number of aldehydes is 1. The van der Waals surface area contributed by atoms with Gasteiger partial charge in [-0.2, -0.15) is 5.10 Å². The van der Waals surface area contributed by atoms with Crippen molar-refractivity contribution >= 4 is 17.6 Å². The standard InChI is InChI=1S/C13H9FN4O/c14-9-3-1-2-8(4-9)11-5-10(6-19)18-12(11)13(15)16-7-17-18/h1-7H,(H2,15,16,17). The Morgan fingerprint density at radius 2 is 2.16 bits per heavy atom. The Labute approximate surface area is 107 Å². The van der Waals surface area contributed by atoms with E-state index in [-0.39, 0.29) is 11.6 Å². The van der Waals surface area contributed by atoms with Gasteiger partial charge in [0.1, 0.15) is 23.4 Å². The Hall–Kier alpha value is -2.76. The summed E-state index contributed by atoms with van der Waals surface area (Å²) in [5, 5.41) is 3.98. The number of fused-ring (bicyclic) bond motifs is 1. The quantitative estimate of drug-likeness (QED) is 0.711. The molecule has 0 spiro atoms. The lowest BCUT2D eigenvalue weighted by Crippen LogP contribution is -2.01. The van der Waals surface area contributed by atoms with Crippen LogP contribution in [0.3, 0.4) is 0 Å². The fraction of sp³-hybridized carbons (Fsp3) is 0. The average molecular weight is 256 g/mol. The van der Waals surface area contributed by atoms with Crippen LogP contribution in [0, 0.1) is 5.82 Å². The van der Waals surface area contributed by atoms with Gasteiger partial charge in [-0.3, -0.25) is 4.79 Å². The summed E-state index contributed by atoms with van der Waals surface area (Å²) in [4.78, 5) is 14.9. The van der Waals surface area contributed by atoms with E-state index >= 15 is 0 Å². The van der Waals surface area contributed by atoms with Crippen LogP contribution in [0.5, 0.6) is 0 Å². The molecule has 1 aromatic carbocycles. The largest absolute Gasteiger partial charge is 0.382 e. The molecule has 0 aliphatic rings. The second-order valence-electron chi connectivity index (χ2n) is 4.02. The van der Waals surface area contributed by atoms with E-state index in [9.17, 15) is 9.18 Å². The molecule has 19 heavy (non-hydrogen) atoms. The summed E-state index contributed by atoms with van der Waals surface area (Å²) in [5.41, 5.74) is 7.89. The monoisotopic (exact) mass is 256 g/mol. The maximum absolute atomic E-state index is 13.3. The molecule has 2 aromatic heterocycles. The highest BCUT2D eigenvalue weighted by Gasteiger charge is 2.14. The summed E-state index contributed by atoms with van der Waals surface area (Å²) >= 11 is 0. The van der Waals surface area contributed by atoms with E-state index in [2.05, 4.69) is 10.1 Å². The van der Waals surface area contributed by atoms with Crippen molar-refractivity contribution in [2.45, 2.75) is 0 Å². The van der Waals surface area contributed by atoms with Gasteiger partial charge < -0.3 is 5.73 Å². The van der Waals surface area contributed by atoms with Gasteiger partial charge in [0, 0.05) is 5.56 Å². The maximum atomic E-state index is 13.3. The number of hydrogen-bond acceptors (Lipinski definition) is 4. The lowest BCUT2D eigenvalue weighted by Gasteiger charge is -2.02. The Bertz CT molecular complexity index is 781. The van der Waals surface area contributed by atoms with Crippen LogP contribution >= 0.6 is 0 Å². The molecule has 0 radical (unpaired) electrons. The molecular weight excluding hydrogens is 247 g/mol. The first-order chi connectivity index (χ1) is 9.20. The third-order valence-electron chi connectivity index (χ3n) is 2.87. The number of nitrogens with two attached hydrogens (primary N) is 1. The van der Waals surface area contributed by atoms with Crippen molar-refractivity contribution in [3.8, 4) is 11.1 Å². The minimum absolute atomic E-state index is 0.238. The summed E-state index contributed by atoms with van der Waals surface area (Å²) < 4.78 is 14.7. The van der Waals surface area contributed by atoms with Gasteiger partial charge in [-0.25, -0.2) is 13.9 Å². The van der Waals surface area contributed by atoms with Crippen LogP contribution < -0.4 is 5.73 Å². The van der Waals surface area contributed by atoms with Crippen molar-refractivity contribution in [1.29, 1.82) is 0 Å². The molecule has 0 atom stereocenters. The predicted molar refractivity (Wildman–Crippen MR) is 68.2 cm³/mol. The van der Waals surface area contributed by atoms with E-state index in [1.165, 1.54) is 23.0 Å². The second-order valence-corrected chi connectivity index (χ2v) is 4.02. The van der Waals surface area contributed by atoms with Gasteiger partial charge in [0.2, 0.25) is 0 Å². The van der Waals surface area contributed by atoms with Gasteiger partial charge in [-0.05, 0) is 23.8 Å². The van der Waals surface area contributed by atoms with Crippen LogP contribution in [0.15, 0.2) is 36.7 Å². The lowest BCUT2D eigenvalue weighted by molar-refractivity contribution is 0.111. The summed E-state index contributed by atoms with van der Waals surface area (Å²) in [5.74, 6) is -0.123. The molecule has 3 rings (SSSR count). The van der Waals surface area contributed by atoms with Crippen LogP contribution in [-0.4, -0.2) is 20.9 Å². The van der Waals surface area contributed by atoms with E-state index in [1.807, 2.05) is 0 Å². The molecule has 0 aliphatic carbocycles. The molecule has 0 fully saturated rings. The highest BCUT2D eigenvalue weighted by atomic mass is 19.1. The van der Waals surface area contributed by atoms with E-state index < -0.39 is 0 Å². The molecule has 0 saturated carbocycles. The summed E-state index contributed by atoms with van der Waals surface area (Å²) in [7, 11) is 0.